The number of nitrogens with one attached hydrogen (secondary N) is 2. The van der Waals surface area contributed by atoms with E-state index >= 15 is 0 Å². The van der Waals surface area contributed by atoms with E-state index in [1.165, 1.54) is 5.56 Å². The highest BCUT2D eigenvalue weighted by atomic mass is 32.1. The molecule has 1 aliphatic rings. The first-order valence-corrected chi connectivity index (χ1v) is 10.9. The average molecular weight is 459 g/mol. The minimum atomic E-state index is -0.171. The van der Waals surface area contributed by atoms with Crippen LogP contribution in [0, 0.1) is 6.92 Å². The van der Waals surface area contributed by atoms with Gasteiger partial charge < -0.3 is 24.7 Å². The van der Waals surface area contributed by atoms with Crippen LogP contribution in [0.15, 0.2) is 71.8 Å². The maximum absolute atomic E-state index is 12.9. The molecular formula is C25H22N4O3S. The van der Waals surface area contributed by atoms with Crippen molar-refractivity contribution in [1.29, 1.82) is 0 Å². The molecule has 4 aromatic rings. The van der Waals surface area contributed by atoms with Crippen LogP contribution in [0.2, 0.25) is 0 Å². The number of aromatic nitrogens is 2. The van der Waals surface area contributed by atoms with Gasteiger partial charge in [-0.1, -0.05) is 23.8 Å². The molecule has 0 bridgehead atoms. The maximum atomic E-state index is 12.9. The largest absolute Gasteiger partial charge is 0.454 e. The molecule has 0 fully saturated rings. The number of H-pyrrole nitrogens is 1. The van der Waals surface area contributed by atoms with Crippen molar-refractivity contribution in [2.45, 2.75) is 20.0 Å². The fourth-order valence-electron chi connectivity index (χ4n) is 3.72. The Labute approximate surface area is 196 Å². The molecule has 0 spiro atoms. The van der Waals surface area contributed by atoms with Crippen LogP contribution in [0.3, 0.4) is 0 Å². The number of aromatic amines is 1. The van der Waals surface area contributed by atoms with Crippen LogP contribution in [0.4, 0.5) is 5.69 Å². The van der Waals surface area contributed by atoms with Gasteiger partial charge in [0.1, 0.15) is 0 Å². The third-order valence-electron chi connectivity index (χ3n) is 5.46. The van der Waals surface area contributed by atoms with E-state index in [1.807, 2.05) is 60.4 Å². The van der Waals surface area contributed by atoms with Gasteiger partial charge in [-0.3, -0.25) is 9.78 Å². The molecule has 0 aliphatic carbocycles. The lowest BCUT2D eigenvalue weighted by molar-refractivity contribution is 0.174. The summed E-state index contributed by atoms with van der Waals surface area (Å²) in [5.74, 6) is 1.30. The Morgan fingerprint density at radius 3 is 2.67 bits per heavy atom. The highest BCUT2D eigenvalue weighted by molar-refractivity contribution is 7.80. The molecule has 33 heavy (non-hydrogen) atoms. The number of pyridine rings is 2. The Kier molecular flexibility index (Phi) is 5.66. The summed E-state index contributed by atoms with van der Waals surface area (Å²) < 4.78 is 10.9. The van der Waals surface area contributed by atoms with Crippen LogP contribution < -0.4 is 20.3 Å². The first-order valence-electron chi connectivity index (χ1n) is 10.5. The number of aryl methyl sites for hydroxylation is 1. The van der Waals surface area contributed by atoms with Crippen molar-refractivity contribution < 1.29 is 9.47 Å². The van der Waals surface area contributed by atoms with Gasteiger partial charge in [-0.05, 0) is 55.0 Å². The van der Waals surface area contributed by atoms with Crippen molar-refractivity contribution in [1.82, 2.24) is 14.9 Å². The van der Waals surface area contributed by atoms with E-state index in [-0.39, 0.29) is 12.4 Å². The molecular weight excluding hydrogens is 436 g/mol. The predicted octanol–water partition coefficient (Wildman–Crippen LogP) is 4.36. The Balaban J connectivity index is 1.45. The molecule has 1 aliphatic heterocycles. The molecule has 166 valence electrons. The molecule has 0 amide bonds. The van der Waals surface area contributed by atoms with Gasteiger partial charge in [0.2, 0.25) is 6.79 Å². The lowest BCUT2D eigenvalue weighted by Gasteiger charge is -2.26. The van der Waals surface area contributed by atoms with E-state index in [2.05, 4.69) is 15.3 Å². The molecule has 0 atom stereocenters. The lowest BCUT2D eigenvalue weighted by atomic mass is 10.1. The minimum absolute atomic E-state index is 0.171. The number of rotatable bonds is 5. The van der Waals surface area contributed by atoms with Crippen molar-refractivity contribution in [3.8, 4) is 11.5 Å². The summed E-state index contributed by atoms with van der Waals surface area (Å²) in [6.07, 6.45) is 3.53. The number of ether oxygens (including phenoxy) is 2. The highest BCUT2D eigenvalue weighted by Gasteiger charge is 2.18. The average Bonchev–Trinajstić information content (AvgIpc) is 3.27. The first-order chi connectivity index (χ1) is 16.0. The quantitative estimate of drug-likeness (QED) is 0.430. The molecule has 0 saturated heterocycles. The van der Waals surface area contributed by atoms with Gasteiger partial charge in [0.05, 0.1) is 12.1 Å². The minimum Gasteiger partial charge on any atom is -0.454 e. The summed E-state index contributed by atoms with van der Waals surface area (Å²) >= 11 is 5.74. The van der Waals surface area contributed by atoms with Crippen LogP contribution >= 0.6 is 12.2 Å². The monoisotopic (exact) mass is 458 g/mol. The van der Waals surface area contributed by atoms with Crippen molar-refractivity contribution in [2.75, 3.05) is 12.1 Å². The first kappa shape index (κ1) is 21.0. The Morgan fingerprint density at radius 2 is 1.91 bits per heavy atom. The molecule has 2 aromatic carbocycles. The van der Waals surface area contributed by atoms with Gasteiger partial charge >= 0.3 is 0 Å². The predicted molar refractivity (Wildman–Crippen MR) is 132 cm³/mol. The molecule has 5 rings (SSSR count). The van der Waals surface area contributed by atoms with Crippen molar-refractivity contribution >= 4 is 33.9 Å². The van der Waals surface area contributed by atoms with Gasteiger partial charge in [0, 0.05) is 41.6 Å². The number of fused-ring (bicyclic) bond motifs is 2. The normalized spacial score (nSPS) is 12.0. The van der Waals surface area contributed by atoms with Crippen LogP contribution in [0.1, 0.15) is 16.7 Å². The summed E-state index contributed by atoms with van der Waals surface area (Å²) in [5.41, 5.74) is 4.18. The van der Waals surface area contributed by atoms with Crippen molar-refractivity contribution in [3.05, 3.63) is 94.0 Å². The molecule has 3 heterocycles. The van der Waals surface area contributed by atoms with Crippen LogP contribution in [-0.2, 0) is 13.1 Å². The second-order valence-corrected chi connectivity index (χ2v) is 8.32. The summed E-state index contributed by atoms with van der Waals surface area (Å²) in [6.45, 7) is 3.05. The van der Waals surface area contributed by atoms with E-state index in [0.717, 1.165) is 16.6 Å². The van der Waals surface area contributed by atoms with Crippen molar-refractivity contribution in [3.63, 3.8) is 0 Å². The van der Waals surface area contributed by atoms with E-state index in [1.54, 1.807) is 18.5 Å². The van der Waals surface area contributed by atoms with E-state index in [0.29, 0.717) is 40.8 Å². The SMILES string of the molecule is Cc1ccc(NC(=S)N(Cc2cccnc2)Cc2cc3cc4c(cc3[nH]c2=O)OCO4)cc1. The Morgan fingerprint density at radius 1 is 1.12 bits per heavy atom. The van der Waals surface area contributed by atoms with Gasteiger partial charge in [0.15, 0.2) is 16.6 Å². The second kappa shape index (κ2) is 8.91. The summed E-state index contributed by atoms with van der Waals surface area (Å²) in [4.78, 5) is 22.0. The maximum Gasteiger partial charge on any atom is 0.253 e. The molecule has 8 heteroatoms. The summed E-state index contributed by atoms with van der Waals surface area (Å²) in [7, 11) is 0. The number of thiocarbonyl (C=S) groups is 1. The standard InChI is InChI=1S/C25H22N4O3S/c1-16-4-6-20(7-5-16)27-25(33)29(13-17-3-2-8-26-12-17)14-19-9-18-10-22-23(32-15-31-22)11-21(18)28-24(19)30/h2-12H,13-15H2,1H3,(H,27,33)(H,28,30). The molecule has 0 saturated carbocycles. The second-order valence-electron chi connectivity index (χ2n) is 7.93. The van der Waals surface area contributed by atoms with Gasteiger partial charge in [-0.25, -0.2) is 0 Å². The topological polar surface area (TPSA) is 79.5 Å². The van der Waals surface area contributed by atoms with E-state index in [9.17, 15) is 4.79 Å². The number of hydrogen-bond donors (Lipinski definition) is 2. The Hall–Kier alpha value is -3.91. The van der Waals surface area contributed by atoms with Gasteiger partial charge in [-0.15, -0.1) is 0 Å². The van der Waals surface area contributed by atoms with Crippen LogP contribution in [-0.4, -0.2) is 26.8 Å². The Bertz CT molecular complexity index is 1370. The van der Waals surface area contributed by atoms with Crippen LogP contribution in [0.5, 0.6) is 11.5 Å². The van der Waals surface area contributed by atoms with Gasteiger partial charge in [0.25, 0.3) is 5.56 Å². The molecule has 2 aromatic heterocycles. The number of benzene rings is 2. The fraction of sp³-hybridized carbons (Fsp3) is 0.160. The molecule has 2 N–H and O–H groups in total. The lowest BCUT2D eigenvalue weighted by Crippen LogP contribution is -2.35. The van der Waals surface area contributed by atoms with E-state index in [4.69, 9.17) is 21.7 Å². The number of hydrogen-bond acceptors (Lipinski definition) is 5. The van der Waals surface area contributed by atoms with Crippen LogP contribution in [0.25, 0.3) is 10.9 Å². The zero-order chi connectivity index (χ0) is 22.8. The third kappa shape index (κ3) is 4.65. The zero-order valence-electron chi connectivity index (χ0n) is 18.0. The van der Waals surface area contributed by atoms with Crippen molar-refractivity contribution in [2.24, 2.45) is 0 Å². The smallest absolute Gasteiger partial charge is 0.253 e. The summed E-state index contributed by atoms with van der Waals surface area (Å²) in [5, 5.41) is 4.68. The number of nitrogens with zero attached hydrogens (tertiary/aromatic N) is 2. The third-order valence-corrected chi connectivity index (χ3v) is 5.82. The summed E-state index contributed by atoms with van der Waals surface area (Å²) in [6, 6.07) is 17.4. The number of anilines is 1. The molecule has 0 radical (unpaired) electrons. The highest BCUT2D eigenvalue weighted by Crippen LogP contribution is 2.35. The van der Waals surface area contributed by atoms with Gasteiger partial charge in [-0.2, -0.15) is 0 Å². The van der Waals surface area contributed by atoms with E-state index < -0.39 is 0 Å². The molecule has 0 unspecified atom stereocenters. The fourth-order valence-corrected chi connectivity index (χ4v) is 3.96. The molecule has 7 nitrogen and oxygen atoms in total. The zero-order valence-corrected chi connectivity index (χ0v) is 18.8.